The number of carboxylic acids is 1. The van der Waals surface area contributed by atoms with Crippen molar-refractivity contribution in [3.05, 3.63) is 21.3 Å². The topological polar surface area (TPSA) is 37.3 Å². The van der Waals surface area contributed by atoms with E-state index in [-0.39, 0.29) is 0 Å². The van der Waals surface area contributed by atoms with Crippen LogP contribution in [0.25, 0.3) is 0 Å². The van der Waals surface area contributed by atoms with E-state index in [9.17, 15) is 4.79 Å². The molecule has 1 aromatic heterocycles. The monoisotopic (exact) mass is 204 g/mol. The Kier molecular flexibility index (Phi) is 2.44. The summed E-state index contributed by atoms with van der Waals surface area (Å²) in [5, 5.41) is 10.7. The Labute approximate surface area is 79.8 Å². The molecule has 0 radical (unpaired) electrons. The van der Waals surface area contributed by atoms with Gasteiger partial charge in [0.05, 0.1) is 9.75 Å². The molecule has 4 heteroatoms. The van der Waals surface area contributed by atoms with Crippen molar-refractivity contribution < 1.29 is 9.90 Å². The molecule has 0 bridgehead atoms. The molecule has 0 aliphatic heterocycles. The fourth-order valence-electron chi connectivity index (χ4n) is 0.860. The van der Waals surface area contributed by atoms with Crippen LogP contribution in [0.4, 0.5) is 0 Å². The first-order valence-electron chi connectivity index (χ1n) is 3.43. The van der Waals surface area contributed by atoms with Gasteiger partial charge < -0.3 is 5.11 Å². The predicted molar refractivity (Wildman–Crippen MR) is 50.0 cm³/mol. The van der Waals surface area contributed by atoms with Crippen LogP contribution in [0.3, 0.4) is 0 Å². The van der Waals surface area contributed by atoms with Crippen molar-refractivity contribution in [1.82, 2.24) is 0 Å². The van der Waals surface area contributed by atoms with Crippen LogP contribution in [0.15, 0.2) is 11.4 Å². The zero-order valence-electron chi connectivity index (χ0n) is 6.80. The number of thiophene rings is 1. The second-order valence-electron chi connectivity index (χ2n) is 3.04. The highest BCUT2D eigenvalue weighted by atomic mass is 35.5. The first-order valence-corrected chi connectivity index (χ1v) is 4.69. The molecular weight excluding hydrogens is 196 g/mol. The fourth-order valence-corrected chi connectivity index (χ4v) is 2.09. The molecule has 0 saturated heterocycles. The Morgan fingerprint density at radius 2 is 2.25 bits per heavy atom. The molecule has 0 aliphatic carbocycles. The van der Waals surface area contributed by atoms with Crippen molar-refractivity contribution in [2.45, 2.75) is 19.3 Å². The number of hydrogen-bond donors (Lipinski definition) is 1. The zero-order chi connectivity index (χ0) is 9.35. The molecule has 1 heterocycles. The number of halogens is 1. The summed E-state index contributed by atoms with van der Waals surface area (Å²) in [5.74, 6) is -0.859. The van der Waals surface area contributed by atoms with Gasteiger partial charge in [-0.1, -0.05) is 11.6 Å². The molecule has 0 spiro atoms. The third kappa shape index (κ3) is 1.47. The number of rotatable bonds is 2. The van der Waals surface area contributed by atoms with Crippen LogP contribution >= 0.6 is 22.9 Å². The summed E-state index contributed by atoms with van der Waals surface area (Å²) in [6.07, 6.45) is 0. The Morgan fingerprint density at radius 3 is 2.58 bits per heavy atom. The second kappa shape index (κ2) is 3.07. The predicted octanol–water partition coefficient (Wildman–Crippen LogP) is 2.76. The van der Waals surface area contributed by atoms with E-state index in [2.05, 4.69) is 0 Å². The Hall–Kier alpha value is -0.540. The van der Waals surface area contributed by atoms with Crippen LogP contribution < -0.4 is 0 Å². The Bertz CT molecular complexity index is 304. The minimum Gasteiger partial charge on any atom is -0.481 e. The van der Waals surface area contributed by atoms with E-state index < -0.39 is 11.4 Å². The summed E-state index contributed by atoms with van der Waals surface area (Å²) >= 11 is 7.17. The highest BCUT2D eigenvalue weighted by Crippen LogP contribution is 2.33. The third-order valence-electron chi connectivity index (χ3n) is 1.83. The molecule has 0 saturated carbocycles. The Balaban J connectivity index is 3.13. The molecule has 0 aliphatic rings. The van der Waals surface area contributed by atoms with E-state index in [1.807, 2.05) is 0 Å². The van der Waals surface area contributed by atoms with Crippen LogP contribution in [-0.2, 0) is 10.2 Å². The third-order valence-corrected chi connectivity index (χ3v) is 3.00. The van der Waals surface area contributed by atoms with Crippen LogP contribution in [0.2, 0.25) is 4.34 Å². The van der Waals surface area contributed by atoms with E-state index >= 15 is 0 Å². The van der Waals surface area contributed by atoms with Crippen molar-refractivity contribution >= 4 is 28.9 Å². The van der Waals surface area contributed by atoms with Gasteiger partial charge in [-0.25, -0.2) is 0 Å². The summed E-state index contributed by atoms with van der Waals surface area (Å²) < 4.78 is 0.558. The van der Waals surface area contributed by atoms with E-state index in [1.165, 1.54) is 11.3 Å². The maximum absolute atomic E-state index is 10.8. The van der Waals surface area contributed by atoms with Gasteiger partial charge >= 0.3 is 5.97 Å². The molecule has 0 unspecified atom stereocenters. The van der Waals surface area contributed by atoms with Gasteiger partial charge in [0, 0.05) is 0 Å². The van der Waals surface area contributed by atoms with Crippen LogP contribution in [0.1, 0.15) is 19.4 Å². The minimum atomic E-state index is -0.892. The molecule has 12 heavy (non-hydrogen) atoms. The molecule has 1 N–H and O–H groups in total. The zero-order valence-corrected chi connectivity index (χ0v) is 8.37. The van der Waals surface area contributed by atoms with Gasteiger partial charge in [0.2, 0.25) is 0 Å². The van der Waals surface area contributed by atoms with Crippen LogP contribution in [0.5, 0.6) is 0 Å². The molecule has 66 valence electrons. The molecular formula is C8H9ClO2S. The Morgan fingerprint density at radius 1 is 1.67 bits per heavy atom. The lowest BCUT2D eigenvalue weighted by Gasteiger charge is -2.17. The molecule has 0 atom stereocenters. The molecule has 0 amide bonds. The van der Waals surface area contributed by atoms with E-state index in [0.717, 1.165) is 0 Å². The molecule has 1 aromatic rings. The first-order chi connectivity index (χ1) is 5.46. The first kappa shape index (κ1) is 9.55. The van der Waals surface area contributed by atoms with Gasteiger partial charge in [0.15, 0.2) is 0 Å². The maximum Gasteiger partial charge on any atom is 0.313 e. The summed E-state index contributed by atoms with van der Waals surface area (Å²) in [4.78, 5) is 10.8. The summed E-state index contributed by atoms with van der Waals surface area (Å²) in [7, 11) is 0. The van der Waals surface area contributed by atoms with Crippen molar-refractivity contribution in [2.24, 2.45) is 0 Å². The van der Waals surface area contributed by atoms with Gasteiger partial charge in [-0.3, -0.25) is 4.79 Å². The van der Waals surface area contributed by atoms with Gasteiger partial charge in [-0.05, 0) is 30.9 Å². The standard InChI is InChI=1S/C8H9ClO2S/c1-8(2,7(10)11)5-3-4-12-6(5)9/h3-4H,1-2H3,(H,10,11). The van der Waals surface area contributed by atoms with Crippen molar-refractivity contribution in [2.75, 3.05) is 0 Å². The largest absolute Gasteiger partial charge is 0.481 e. The lowest BCUT2D eigenvalue weighted by Crippen LogP contribution is -2.28. The number of hydrogen-bond acceptors (Lipinski definition) is 2. The highest BCUT2D eigenvalue weighted by Gasteiger charge is 2.31. The van der Waals surface area contributed by atoms with Crippen molar-refractivity contribution in [3.63, 3.8) is 0 Å². The van der Waals surface area contributed by atoms with Crippen molar-refractivity contribution in [1.29, 1.82) is 0 Å². The van der Waals surface area contributed by atoms with E-state index in [0.29, 0.717) is 9.90 Å². The fraction of sp³-hybridized carbons (Fsp3) is 0.375. The highest BCUT2D eigenvalue weighted by molar-refractivity contribution is 7.14. The summed E-state index contributed by atoms with van der Waals surface area (Å²) in [5.41, 5.74) is -0.210. The van der Waals surface area contributed by atoms with Crippen molar-refractivity contribution in [3.8, 4) is 0 Å². The van der Waals surface area contributed by atoms with Gasteiger partial charge in [-0.15, -0.1) is 11.3 Å². The molecule has 0 aromatic carbocycles. The van der Waals surface area contributed by atoms with Gasteiger partial charge in [0.1, 0.15) is 0 Å². The second-order valence-corrected chi connectivity index (χ2v) is 4.56. The van der Waals surface area contributed by atoms with Crippen LogP contribution in [-0.4, -0.2) is 11.1 Å². The normalized spacial score (nSPS) is 11.6. The smallest absolute Gasteiger partial charge is 0.313 e. The lowest BCUT2D eigenvalue weighted by atomic mass is 9.87. The summed E-state index contributed by atoms with van der Waals surface area (Å²) in [6.45, 7) is 3.28. The van der Waals surface area contributed by atoms with E-state index in [4.69, 9.17) is 16.7 Å². The number of carbonyl (C=O) groups is 1. The average molecular weight is 205 g/mol. The SMILES string of the molecule is CC(C)(C(=O)O)c1ccsc1Cl. The van der Waals surface area contributed by atoms with E-state index in [1.54, 1.807) is 25.3 Å². The average Bonchev–Trinajstić information content (AvgIpc) is 2.35. The summed E-state index contributed by atoms with van der Waals surface area (Å²) in [6, 6.07) is 1.75. The number of aliphatic carboxylic acids is 1. The molecule has 1 rings (SSSR count). The quantitative estimate of drug-likeness (QED) is 0.805. The van der Waals surface area contributed by atoms with Gasteiger partial charge in [0.25, 0.3) is 0 Å². The minimum absolute atomic E-state index is 0.558. The van der Waals surface area contributed by atoms with Crippen LogP contribution in [0, 0.1) is 0 Å². The lowest BCUT2D eigenvalue weighted by molar-refractivity contribution is -0.142. The van der Waals surface area contributed by atoms with Gasteiger partial charge in [-0.2, -0.15) is 0 Å². The maximum atomic E-state index is 10.8. The molecule has 0 fully saturated rings. The number of carboxylic acid groups (broad SMARTS) is 1. The molecule has 2 nitrogen and oxygen atoms in total.